The molecule has 0 spiro atoms. The molecule has 1 aromatic carbocycles. The van der Waals surface area contributed by atoms with Gasteiger partial charge in [0.25, 0.3) is 0 Å². The molecule has 2 rings (SSSR count). The number of rotatable bonds is 3. The van der Waals surface area contributed by atoms with E-state index in [2.05, 4.69) is 23.8 Å². The number of hydrogen-bond donors (Lipinski definition) is 1. The van der Waals surface area contributed by atoms with E-state index in [4.69, 9.17) is 9.47 Å². The summed E-state index contributed by atoms with van der Waals surface area (Å²) in [6.07, 6.45) is 0. The Labute approximate surface area is 94.6 Å². The molecule has 1 N–H and O–H groups in total. The third-order valence-electron chi connectivity index (χ3n) is 2.55. The van der Waals surface area contributed by atoms with Crippen molar-refractivity contribution >= 4 is 11.0 Å². The number of benzene rings is 1. The van der Waals surface area contributed by atoms with E-state index in [1.54, 1.807) is 14.2 Å². The number of nitrogens with one attached hydrogen (secondary N) is 1. The Hall–Kier alpha value is -1.71. The van der Waals surface area contributed by atoms with Crippen molar-refractivity contribution in [3.63, 3.8) is 0 Å². The Morgan fingerprint density at radius 2 is 1.94 bits per heavy atom. The van der Waals surface area contributed by atoms with Crippen LogP contribution >= 0.6 is 0 Å². The maximum atomic E-state index is 5.30. The molecule has 16 heavy (non-hydrogen) atoms. The van der Waals surface area contributed by atoms with Gasteiger partial charge in [-0.2, -0.15) is 0 Å². The van der Waals surface area contributed by atoms with Gasteiger partial charge in [-0.25, -0.2) is 4.98 Å². The molecule has 0 radical (unpaired) electrons. The van der Waals surface area contributed by atoms with Crippen LogP contribution in [-0.2, 0) is 0 Å². The Bertz CT molecular complexity index is 503. The topological polar surface area (TPSA) is 47.1 Å². The van der Waals surface area contributed by atoms with E-state index in [0.717, 1.165) is 28.4 Å². The number of hydrogen-bond acceptors (Lipinski definition) is 3. The number of ether oxygens (including phenoxy) is 2. The highest BCUT2D eigenvalue weighted by Gasteiger charge is 2.12. The van der Waals surface area contributed by atoms with Gasteiger partial charge in [0, 0.05) is 18.1 Å². The molecule has 1 heterocycles. The molecule has 0 aliphatic heterocycles. The van der Waals surface area contributed by atoms with Crippen LogP contribution in [0.1, 0.15) is 25.6 Å². The molecule has 0 aliphatic carbocycles. The molecule has 0 amide bonds. The molecular weight excluding hydrogens is 204 g/mol. The van der Waals surface area contributed by atoms with Crippen LogP contribution in [0.5, 0.6) is 11.5 Å². The first-order valence-electron chi connectivity index (χ1n) is 5.27. The van der Waals surface area contributed by atoms with Crippen molar-refractivity contribution < 1.29 is 9.47 Å². The quantitative estimate of drug-likeness (QED) is 0.865. The van der Waals surface area contributed by atoms with Crippen LogP contribution in [0.2, 0.25) is 0 Å². The van der Waals surface area contributed by atoms with Crippen LogP contribution in [0.4, 0.5) is 0 Å². The summed E-state index contributed by atoms with van der Waals surface area (Å²) < 4.78 is 10.5. The van der Waals surface area contributed by atoms with Gasteiger partial charge in [0.15, 0.2) is 0 Å². The monoisotopic (exact) mass is 220 g/mol. The molecule has 0 saturated heterocycles. The first-order valence-corrected chi connectivity index (χ1v) is 5.27. The Kier molecular flexibility index (Phi) is 2.73. The molecule has 0 fully saturated rings. The van der Waals surface area contributed by atoms with E-state index in [-0.39, 0.29) is 0 Å². The molecule has 4 heteroatoms. The van der Waals surface area contributed by atoms with Crippen LogP contribution in [-0.4, -0.2) is 24.2 Å². The fraction of sp³-hybridized carbons (Fsp3) is 0.417. The first kappa shape index (κ1) is 10.8. The van der Waals surface area contributed by atoms with E-state index < -0.39 is 0 Å². The van der Waals surface area contributed by atoms with E-state index >= 15 is 0 Å². The second-order valence-electron chi connectivity index (χ2n) is 4.00. The van der Waals surface area contributed by atoms with Gasteiger partial charge in [-0.15, -0.1) is 0 Å². The average Bonchev–Trinajstić information content (AvgIpc) is 2.71. The molecule has 4 nitrogen and oxygen atoms in total. The lowest BCUT2D eigenvalue weighted by molar-refractivity contribution is 0.397. The van der Waals surface area contributed by atoms with Gasteiger partial charge in [-0.1, -0.05) is 13.8 Å². The predicted molar refractivity (Wildman–Crippen MR) is 63.3 cm³/mol. The van der Waals surface area contributed by atoms with Crippen molar-refractivity contribution in [2.45, 2.75) is 19.8 Å². The summed E-state index contributed by atoms with van der Waals surface area (Å²) >= 11 is 0. The molecular formula is C12H16N2O2. The zero-order chi connectivity index (χ0) is 11.7. The molecule has 0 saturated carbocycles. The zero-order valence-electron chi connectivity index (χ0n) is 10.00. The second kappa shape index (κ2) is 4.04. The molecule has 2 aromatic rings. The van der Waals surface area contributed by atoms with E-state index in [1.807, 2.05) is 12.1 Å². The Morgan fingerprint density at radius 1 is 1.19 bits per heavy atom. The van der Waals surface area contributed by atoms with Gasteiger partial charge in [0.05, 0.1) is 19.7 Å². The molecule has 86 valence electrons. The van der Waals surface area contributed by atoms with E-state index in [1.165, 1.54) is 0 Å². The second-order valence-corrected chi connectivity index (χ2v) is 4.00. The number of imidazole rings is 1. The van der Waals surface area contributed by atoms with Gasteiger partial charge in [-0.05, 0) is 0 Å². The minimum Gasteiger partial charge on any atom is -0.497 e. The lowest BCUT2D eigenvalue weighted by Crippen LogP contribution is -1.89. The summed E-state index contributed by atoms with van der Waals surface area (Å²) in [5.74, 6) is 2.82. The Morgan fingerprint density at radius 3 is 2.50 bits per heavy atom. The molecule has 0 atom stereocenters. The summed E-state index contributed by atoms with van der Waals surface area (Å²) in [6, 6.07) is 3.77. The summed E-state index contributed by atoms with van der Waals surface area (Å²) in [7, 11) is 3.28. The summed E-state index contributed by atoms with van der Waals surface area (Å²) in [5, 5.41) is 0. The summed E-state index contributed by atoms with van der Waals surface area (Å²) in [6.45, 7) is 4.20. The first-order chi connectivity index (χ1) is 7.65. The number of aromatic nitrogens is 2. The molecule has 0 aliphatic rings. The van der Waals surface area contributed by atoms with Crippen molar-refractivity contribution in [2.75, 3.05) is 14.2 Å². The Balaban J connectivity index is 2.65. The fourth-order valence-corrected chi connectivity index (χ4v) is 1.63. The third kappa shape index (κ3) is 1.71. The highest BCUT2D eigenvalue weighted by atomic mass is 16.5. The van der Waals surface area contributed by atoms with Crippen LogP contribution in [0.25, 0.3) is 11.0 Å². The molecule has 0 unspecified atom stereocenters. The number of H-pyrrole nitrogens is 1. The SMILES string of the molecule is COc1cc(OC)c2nc(C(C)C)[nH]c2c1. The number of aromatic amines is 1. The van der Waals surface area contributed by atoms with Crippen LogP contribution in [0.15, 0.2) is 12.1 Å². The highest BCUT2D eigenvalue weighted by molar-refractivity contribution is 5.83. The molecule has 1 aromatic heterocycles. The van der Waals surface area contributed by atoms with Crippen LogP contribution in [0, 0.1) is 0 Å². The van der Waals surface area contributed by atoms with Crippen molar-refractivity contribution in [2.24, 2.45) is 0 Å². The fourth-order valence-electron chi connectivity index (χ4n) is 1.63. The largest absolute Gasteiger partial charge is 0.497 e. The van der Waals surface area contributed by atoms with Crippen molar-refractivity contribution in [3.05, 3.63) is 18.0 Å². The lowest BCUT2D eigenvalue weighted by Gasteiger charge is -2.03. The number of nitrogens with zero attached hydrogens (tertiary/aromatic N) is 1. The summed E-state index contributed by atoms with van der Waals surface area (Å²) in [4.78, 5) is 7.80. The lowest BCUT2D eigenvalue weighted by atomic mass is 10.2. The maximum absolute atomic E-state index is 5.30. The van der Waals surface area contributed by atoms with Crippen LogP contribution in [0.3, 0.4) is 0 Å². The zero-order valence-corrected chi connectivity index (χ0v) is 10.00. The van der Waals surface area contributed by atoms with E-state index in [0.29, 0.717) is 5.92 Å². The van der Waals surface area contributed by atoms with Crippen molar-refractivity contribution in [1.82, 2.24) is 9.97 Å². The minimum atomic E-state index is 0.364. The van der Waals surface area contributed by atoms with Gasteiger partial charge in [-0.3, -0.25) is 0 Å². The highest BCUT2D eigenvalue weighted by Crippen LogP contribution is 2.30. The third-order valence-corrected chi connectivity index (χ3v) is 2.55. The van der Waals surface area contributed by atoms with Crippen LogP contribution < -0.4 is 9.47 Å². The smallest absolute Gasteiger partial charge is 0.150 e. The van der Waals surface area contributed by atoms with Gasteiger partial charge < -0.3 is 14.5 Å². The summed E-state index contributed by atoms with van der Waals surface area (Å²) in [5.41, 5.74) is 1.80. The average molecular weight is 220 g/mol. The number of methoxy groups -OCH3 is 2. The van der Waals surface area contributed by atoms with Crippen molar-refractivity contribution in [1.29, 1.82) is 0 Å². The van der Waals surface area contributed by atoms with Gasteiger partial charge in [0.2, 0.25) is 0 Å². The van der Waals surface area contributed by atoms with Gasteiger partial charge >= 0.3 is 0 Å². The van der Waals surface area contributed by atoms with Gasteiger partial charge in [0.1, 0.15) is 22.8 Å². The standard InChI is InChI=1S/C12H16N2O2/c1-7(2)12-13-9-5-8(15-3)6-10(16-4)11(9)14-12/h5-7H,1-4H3,(H,13,14). The predicted octanol–water partition coefficient (Wildman–Crippen LogP) is 2.70. The van der Waals surface area contributed by atoms with Crippen molar-refractivity contribution in [3.8, 4) is 11.5 Å². The number of fused-ring (bicyclic) bond motifs is 1. The molecule has 0 bridgehead atoms. The normalized spacial score (nSPS) is 11.1. The van der Waals surface area contributed by atoms with E-state index in [9.17, 15) is 0 Å². The maximum Gasteiger partial charge on any atom is 0.150 e. The minimum absolute atomic E-state index is 0.364.